The average molecular weight is 96.1 g/mol. The highest BCUT2D eigenvalue weighted by Gasteiger charge is 2.07. The van der Waals surface area contributed by atoms with Crippen LogP contribution < -0.4 is 10.3 Å². The van der Waals surface area contributed by atoms with Crippen molar-refractivity contribution < 1.29 is 0 Å². The van der Waals surface area contributed by atoms with E-state index in [0.29, 0.717) is 0 Å². The summed E-state index contributed by atoms with van der Waals surface area (Å²) in [5.74, 6) is 0.984. The Balaban J connectivity index is 2.61. The second kappa shape index (κ2) is 1.37. The minimum atomic E-state index is 0.984. The molecule has 0 aromatic carbocycles. The van der Waals surface area contributed by atoms with Crippen molar-refractivity contribution in [2.75, 3.05) is 0 Å². The highest BCUT2D eigenvalue weighted by Crippen LogP contribution is 1.87. The van der Waals surface area contributed by atoms with E-state index >= 15 is 0 Å². The molecule has 0 aliphatic carbocycles. The van der Waals surface area contributed by atoms with Gasteiger partial charge < -0.3 is 0 Å². The summed E-state index contributed by atoms with van der Waals surface area (Å²) < 4.78 is 0. The molecule has 0 aromatic rings. The fraction of sp³-hybridized carbons (Fsp3) is 0.400. The first-order valence-electron chi connectivity index (χ1n) is 2.27. The molecule has 0 unspecified atom stereocenters. The fourth-order valence-electron chi connectivity index (χ4n) is 0.544. The van der Waals surface area contributed by atoms with Crippen LogP contribution in [0.2, 0.25) is 0 Å². The van der Waals surface area contributed by atoms with Crippen molar-refractivity contribution in [2.24, 2.45) is 0 Å². The second-order valence-electron chi connectivity index (χ2n) is 1.65. The SMILES string of the molecule is CC1=C[N+]=C(C)N1. The Morgan fingerprint density at radius 3 is 2.43 bits per heavy atom. The molecule has 0 fully saturated rings. The van der Waals surface area contributed by atoms with Crippen LogP contribution in [-0.2, 0) is 0 Å². The third kappa shape index (κ3) is 0.796. The van der Waals surface area contributed by atoms with Gasteiger partial charge in [-0.25, -0.2) is 5.32 Å². The van der Waals surface area contributed by atoms with Gasteiger partial charge >= 0.3 is 0 Å². The molecule has 0 amide bonds. The van der Waals surface area contributed by atoms with Crippen molar-refractivity contribution in [1.82, 2.24) is 10.3 Å². The molecule has 1 rings (SSSR count). The molecule has 0 atom stereocenters. The molecule has 0 saturated carbocycles. The molecule has 0 spiro atoms. The number of amidine groups is 1. The van der Waals surface area contributed by atoms with E-state index in [4.69, 9.17) is 0 Å². The quantitative estimate of drug-likeness (QED) is 0.458. The van der Waals surface area contributed by atoms with Crippen molar-refractivity contribution in [1.29, 1.82) is 0 Å². The molecule has 1 heterocycles. The standard InChI is InChI=1S/C5H8N2/c1-4-3-6-5(2)7-4/h3,7H,1-2H3/q+1. The van der Waals surface area contributed by atoms with E-state index in [2.05, 4.69) is 10.3 Å². The zero-order valence-corrected chi connectivity index (χ0v) is 4.52. The molecule has 1 aliphatic rings. The summed E-state index contributed by atoms with van der Waals surface area (Å²) in [6.07, 6.45) is 1.81. The van der Waals surface area contributed by atoms with Gasteiger partial charge in [-0.3, -0.25) is 0 Å². The van der Waals surface area contributed by atoms with Gasteiger partial charge in [0.05, 0.1) is 0 Å². The summed E-state index contributed by atoms with van der Waals surface area (Å²) in [4.78, 5) is 3.96. The highest BCUT2D eigenvalue weighted by atomic mass is 15.0. The number of hydrogen-bond donors (Lipinski definition) is 1. The number of nitrogens with one attached hydrogen (secondary N) is 1. The van der Waals surface area contributed by atoms with Gasteiger partial charge in [0.1, 0.15) is 5.70 Å². The summed E-state index contributed by atoms with van der Waals surface area (Å²) in [6.45, 7) is 3.92. The van der Waals surface area contributed by atoms with Crippen molar-refractivity contribution >= 4 is 5.84 Å². The Hall–Kier alpha value is -0.790. The van der Waals surface area contributed by atoms with Crippen LogP contribution in [0.3, 0.4) is 0 Å². The van der Waals surface area contributed by atoms with E-state index < -0.39 is 0 Å². The Morgan fingerprint density at radius 1 is 1.57 bits per heavy atom. The van der Waals surface area contributed by atoms with Crippen molar-refractivity contribution in [2.45, 2.75) is 13.8 Å². The van der Waals surface area contributed by atoms with Gasteiger partial charge in [-0.2, -0.15) is 0 Å². The first-order chi connectivity index (χ1) is 3.29. The molecular weight excluding hydrogens is 88.1 g/mol. The summed E-state index contributed by atoms with van der Waals surface area (Å²) in [5.41, 5.74) is 1.12. The summed E-state index contributed by atoms with van der Waals surface area (Å²) >= 11 is 0. The number of allylic oxidation sites excluding steroid dienone is 1. The van der Waals surface area contributed by atoms with Crippen molar-refractivity contribution in [3.05, 3.63) is 11.9 Å². The molecule has 7 heavy (non-hydrogen) atoms. The lowest BCUT2D eigenvalue weighted by molar-refractivity contribution is 1.15. The molecule has 0 saturated heterocycles. The van der Waals surface area contributed by atoms with Gasteiger partial charge in [0.15, 0.2) is 6.20 Å². The number of aliphatic imine (C=N–C) groups is 1. The zero-order valence-electron chi connectivity index (χ0n) is 4.52. The Kier molecular flexibility index (Phi) is 0.855. The van der Waals surface area contributed by atoms with E-state index in [1.54, 1.807) is 0 Å². The molecular formula is C5H8N2+. The van der Waals surface area contributed by atoms with Crippen LogP contribution in [0, 0.1) is 0 Å². The first kappa shape index (κ1) is 4.37. The number of hydrogen-bond acceptors (Lipinski definition) is 2. The van der Waals surface area contributed by atoms with Crippen LogP contribution in [0.1, 0.15) is 13.8 Å². The van der Waals surface area contributed by atoms with Gasteiger partial charge in [-0.1, -0.05) is 4.99 Å². The van der Waals surface area contributed by atoms with E-state index in [0.717, 1.165) is 11.5 Å². The number of rotatable bonds is 0. The first-order valence-corrected chi connectivity index (χ1v) is 2.27. The average Bonchev–Trinajstić information content (AvgIpc) is 1.87. The maximum absolute atomic E-state index is 3.96. The molecule has 0 aromatic heterocycles. The monoisotopic (exact) mass is 96.1 g/mol. The largest absolute Gasteiger partial charge is 0.293 e. The topological polar surface area (TPSA) is 26.1 Å². The van der Waals surface area contributed by atoms with Crippen LogP contribution in [0.4, 0.5) is 0 Å². The Morgan fingerprint density at radius 2 is 2.29 bits per heavy atom. The predicted octanol–water partition coefficient (Wildman–Crippen LogP) is 0.205. The molecule has 2 heteroatoms. The zero-order chi connectivity index (χ0) is 5.28. The van der Waals surface area contributed by atoms with Crippen LogP contribution in [0.5, 0.6) is 0 Å². The van der Waals surface area contributed by atoms with Crippen LogP contribution in [0.15, 0.2) is 11.9 Å². The lowest BCUT2D eigenvalue weighted by Gasteiger charge is -1.80. The molecule has 37 valence electrons. The summed E-state index contributed by atoms with van der Waals surface area (Å²) in [5, 5.41) is 3.03. The molecule has 1 N–H and O–H groups in total. The van der Waals surface area contributed by atoms with Gasteiger partial charge in [-0.05, 0) is 0 Å². The minimum Gasteiger partial charge on any atom is -0.242 e. The van der Waals surface area contributed by atoms with Gasteiger partial charge in [-0.15, -0.1) is 0 Å². The smallest absolute Gasteiger partial charge is 0.242 e. The van der Waals surface area contributed by atoms with Crippen molar-refractivity contribution in [3.8, 4) is 0 Å². The van der Waals surface area contributed by atoms with E-state index in [9.17, 15) is 0 Å². The van der Waals surface area contributed by atoms with Gasteiger partial charge in [0.25, 0.3) is 5.84 Å². The van der Waals surface area contributed by atoms with E-state index in [-0.39, 0.29) is 0 Å². The lowest BCUT2D eigenvalue weighted by Crippen LogP contribution is -2.14. The predicted molar refractivity (Wildman–Crippen MR) is 29.7 cm³/mol. The second-order valence-corrected chi connectivity index (χ2v) is 1.65. The van der Waals surface area contributed by atoms with Crippen LogP contribution in [-0.4, -0.2) is 5.84 Å². The molecule has 2 nitrogen and oxygen atoms in total. The molecule has 1 radical (unpaired) electrons. The van der Waals surface area contributed by atoms with E-state index in [1.165, 1.54) is 0 Å². The van der Waals surface area contributed by atoms with E-state index in [1.807, 2.05) is 20.0 Å². The minimum absolute atomic E-state index is 0.984. The fourth-order valence-corrected chi connectivity index (χ4v) is 0.544. The summed E-state index contributed by atoms with van der Waals surface area (Å²) in [7, 11) is 0. The van der Waals surface area contributed by atoms with Crippen LogP contribution in [0.25, 0.3) is 0 Å². The Bertz CT molecular complexity index is 117. The molecule has 1 aliphatic heterocycles. The third-order valence-corrected chi connectivity index (χ3v) is 0.830. The lowest BCUT2D eigenvalue weighted by atomic mass is 10.5. The third-order valence-electron chi connectivity index (χ3n) is 0.830. The highest BCUT2D eigenvalue weighted by molar-refractivity contribution is 5.82. The Labute approximate surface area is 42.9 Å². The van der Waals surface area contributed by atoms with Gasteiger partial charge in [0, 0.05) is 13.8 Å². The normalized spacial score (nSPS) is 18.0. The number of nitrogens with zero attached hydrogens (tertiary/aromatic N) is 1. The molecule has 0 bridgehead atoms. The van der Waals surface area contributed by atoms with Crippen LogP contribution >= 0.6 is 0 Å². The maximum Gasteiger partial charge on any atom is 0.293 e. The van der Waals surface area contributed by atoms with Crippen molar-refractivity contribution in [3.63, 3.8) is 0 Å². The summed E-state index contributed by atoms with van der Waals surface area (Å²) in [6, 6.07) is 0. The van der Waals surface area contributed by atoms with Gasteiger partial charge in [0.2, 0.25) is 0 Å². The maximum atomic E-state index is 3.96.